The molecule has 1 N–H and O–H groups in total. The third kappa shape index (κ3) is 5.28. The van der Waals surface area contributed by atoms with E-state index in [1.54, 1.807) is 7.11 Å². The van der Waals surface area contributed by atoms with Crippen molar-refractivity contribution in [2.45, 2.75) is 38.9 Å². The summed E-state index contributed by atoms with van der Waals surface area (Å²) in [5.41, 5.74) is 3.20. The minimum atomic E-state index is -0.727. The lowest BCUT2D eigenvalue weighted by molar-refractivity contribution is -0.609. The second-order valence-electron chi connectivity index (χ2n) is 9.34. The summed E-state index contributed by atoms with van der Waals surface area (Å²) in [4.78, 5) is 19.7. The quantitative estimate of drug-likeness (QED) is 0.462. The number of carbonyl (C=O) groups excluding carboxylic acids is 1. The van der Waals surface area contributed by atoms with Crippen molar-refractivity contribution in [3.8, 4) is 22.8 Å². The summed E-state index contributed by atoms with van der Waals surface area (Å²) >= 11 is 0. The molecular weight excluding hydrogens is 432 g/mol. The van der Waals surface area contributed by atoms with Crippen LogP contribution in [0.3, 0.4) is 0 Å². The van der Waals surface area contributed by atoms with E-state index in [0.29, 0.717) is 35.9 Å². The summed E-state index contributed by atoms with van der Waals surface area (Å²) in [6.45, 7) is 7.13. The lowest BCUT2D eigenvalue weighted by Gasteiger charge is -2.31. The maximum Gasteiger partial charge on any atom is 0.336 e. The highest BCUT2D eigenvalue weighted by Gasteiger charge is 2.37. The van der Waals surface area contributed by atoms with E-state index in [1.165, 1.54) is 6.20 Å². The number of hydrogen-bond acceptors (Lipinski definition) is 6. The van der Waals surface area contributed by atoms with Crippen molar-refractivity contribution >= 4 is 5.91 Å². The summed E-state index contributed by atoms with van der Waals surface area (Å²) in [7, 11) is 1.64. The minimum absolute atomic E-state index is 0.200. The molecular formula is C26H30N4O4. The molecule has 1 aliphatic heterocycles. The van der Waals surface area contributed by atoms with Crippen LogP contribution in [0.25, 0.3) is 11.1 Å². The average Bonchev–Trinajstić information content (AvgIpc) is 2.97. The molecule has 0 saturated carbocycles. The number of nitrogens with one attached hydrogen (secondary N) is 1. The van der Waals surface area contributed by atoms with E-state index >= 15 is 0 Å². The Balaban J connectivity index is 1.73. The maximum atomic E-state index is 13.5. The van der Waals surface area contributed by atoms with Crippen LogP contribution in [0.2, 0.25) is 0 Å². The van der Waals surface area contributed by atoms with Gasteiger partial charge in [0.2, 0.25) is 5.91 Å². The fourth-order valence-corrected chi connectivity index (χ4v) is 4.15. The van der Waals surface area contributed by atoms with Crippen molar-refractivity contribution in [1.82, 2.24) is 15.2 Å². The van der Waals surface area contributed by atoms with Gasteiger partial charge < -0.3 is 20.0 Å². The highest BCUT2D eigenvalue weighted by Crippen LogP contribution is 2.33. The van der Waals surface area contributed by atoms with Gasteiger partial charge in [0.05, 0.1) is 7.11 Å². The summed E-state index contributed by atoms with van der Waals surface area (Å²) in [5.74, 6) is 0.904. The van der Waals surface area contributed by atoms with Gasteiger partial charge >= 0.3 is 5.88 Å². The van der Waals surface area contributed by atoms with Gasteiger partial charge in [0.25, 0.3) is 6.33 Å². The molecule has 1 aromatic heterocycles. The molecule has 2 aromatic carbocycles. The molecule has 0 saturated heterocycles. The van der Waals surface area contributed by atoms with Crippen LogP contribution in [-0.2, 0) is 11.3 Å². The second-order valence-corrected chi connectivity index (χ2v) is 9.34. The van der Waals surface area contributed by atoms with Crippen LogP contribution in [0.5, 0.6) is 11.6 Å². The Hall–Kier alpha value is -3.65. The lowest BCUT2D eigenvalue weighted by Crippen LogP contribution is -2.48. The van der Waals surface area contributed by atoms with Crippen LogP contribution < -0.4 is 19.5 Å². The number of aromatic nitrogens is 2. The van der Waals surface area contributed by atoms with Crippen LogP contribution in [0.1, 0.15) is 37.9 Å². The SMILES string of the molecule is COc1ccc(-c2ccccc2CN2CCOc3nc[n+]([O-])cc3C2C(=O)NC(C)(C)C)cc1. The smallest absolute Gasteiger partial charge is 0.336 e. The zero-order chi connectivity index (χ0) is 24.3. The van der Waals surface area contributed by atoms with Gasteiger partial charge in [-0.25, -0.2) is 4.73 Å². The largest absolute Gasteiger partial charge is 0.711 e. The first-order valence-corrected chi connectivity index (χ1v) is 11.2. The highest BCUT2D eigenvalue weighted by atomic mass is 16.5. The molecule has 2 heterocycles. The Morgan fingerprint density at radius 3 is 2.68 bits per heavy atom. The summed E-state index contributed by atoms with van der Waals surface area (Å²) in [5, 5.41) is 15.2. The summed E-state index contributed by atoms with van der Waals surface area (Å²) < 4.78 is 11.7. The number of ether oxygens (including phenoxy) is 2. The molecule has 1 atom stereocenters. The van der Waals surface area contributed by atoms with E-state index in [4.69, 9.17) is 9.47 Å². The first-order valence-electron chi connectivity index (χ1n) is 11.2. The Labute approximate surface area is 199 Å². The van der Waals surface area contributed by atoms with E-state index in [2.05, 4.69) is 22.4 Å². The van der Waals surface area contributed by atoms with Gasteiger partial charge in [0.15, 0.2) is 0 Å². The number of amides is 1. The first kappa shape index (κ1) is 23.5. The normalized spacial score (nSPS) is 16.2. The predicted octanol–water partition coefficient (Wildman–Crippen LogP) is 3.24. The van der Waals surface area contributed by atoms with Crippen molar-refractivity contribution in [3.05, 3.63) is 77.4 Å². The average molecular weight is 463 g/mol. The second kappa shape index (κ2) is 9.69. The molecule has 34 heavy (non-hydrogen) atoms. The van der Waals surface area contributed by atoms with Gasteiger partial charge in [0.1, 0.15) is 30.2 Å². The molecule has 178 valence electrons. The van der Waals surface area contributed by atoms with E-state index in [0.717, 1.165) is 28.8 Å². The summed E-state index contributed by atoms with van der Waals surface area (Å²) in [6, 6.07) is 15.3. The number of nitrogens with zero attached hydrogens (tertiary/aromatic N) is 3. The number of hydrogen-bond donors (Lipinski definition) is 1. The zero-order valence-corrected chi connectivity index (χ0v) is 19.9. The van der Waals surface area contributed by atoms with E-state index in [1.807, 2.05) is 62.1 Å². The molecule has 1 amide bonds. The molecule has 0 bridgehead atoms. The number of fused-ring (bicyclic) bond motifs is 1. The van der Waals surface area contributed by atoms with Crippen molar-refractivity contribution in [1.29, 1.82) is 0 Å². The van der Waals surface area contributed by atoms with Gasteiger partial charge in [-0.2, -0.15) is 0 Å². The third-order valence-corrected chi connectivity index (χ3v) is 5.62. The lowest BCUT2D eigenvalue weighted by atomic mass is 9.97. The fraction of sp³-hybridized carbons (Fsp3) is 0.346. The van der Waals surface area contributed by atoms with Crippen molar-refractivity contribution in [3.63, 3.8) is 0 Å². The van der Waals surface area contributed by atoms with Crippen LogP contribution in [0, 0.1) is 5.21 Å². The zero-order valence-electron chi connectivity index (χ0n) is 19.9. The van der Waals surface area contributed by atoms with Crippen LogP contribution in [-0.4, -0.2) is 41.6 Å². The topological polar surface area (TPSA) is 90.6 Å². The third-order valence-electron chi connectivity index (χ3n) is 5.62. The molecule has 0 radical (unpaired) electrons. The number of rotatable bonds is 5. The molecule has 8 heteroatoms. The van der Waals surface area contributed by atoms with Gasteiger partial charge in [-0.15, -0.1) is 0 Å². The Morgan fingerprint density at radius 2 is 1.97 bits per heavy atom. The maximum absolute atomic E-state index is 13.5. The fourth-order valence-electron chi connectivity index (χ4n) is 4.15. The Morgan fingerprint density at radius 1 is 1.24 bits per heavy atom. The standard InChI is InChI=1S/C26H30N4O4/c1-26(2,3)28-24(31)23-22-16-30(32)17-27-25(22)34-14-13-29(23)15-19-7-5-6-8-21(19)18-9-11-20(33-4)12-10-18/h5-12,16-17,23H,13-15H2,1-4H3,(H,28,31). The van der Waals surface area contributed by atoms with Crippen molar-refractivity contribution in [2.75, 3.05) is 20.3 Å². The molecule has 0 fully saturated rings. The molecule has 0 spiro atoms. The van der Waals surface area contributed by atoms with Crippen molar-refractivity contribution < 1.29 is 19.0 Å². The van der Waals surface area contributed by atoms with Crippen LogP contribution in [0.15, 0.2) is 61.1 Å². The van der Waals surface area contributed by atoms with Crippen molar-refractivity contribution in [2.24, 2.45) is 0 Å². The number of methoxy groups -OCH3 is 1. The number of benzene rings is 2. The monoisotopic (exact) mass is 462 g/mol. The highest BCUT2D eigenvalue weighted by molar-refractivity contribution is 5.84. The van der Waals surface area contributed by atoms with E-state index < -0.39 is 11.6 Å². The van der Waals surface area contributed by atoms with Gasteiger partial charge in [-0.05, 0) is 54.6 Å². The molecule has 4 rings (SSSR count). The van der Waals surface area contributed by atoms with Gasteiger partial charge in [-0.3, -0.25) is 9.69 Å². The summed E-state index contributed by atoms with van der Waals surface area (Å²) in [6.07, 6.45) is 2.52. The van der Waals surface area contributed by atoms with Gasteiger partial charge in [-0.1, -0.05) is 36.4 Å². The Kier molecular flexibility index (Phi) is 6.70. The molecule has 8 nitrogen and oxygen atoms in total. The molecule has 0 aliphatic carbocycles. The predicted molar refractivity (Wildman–Crippen MR) is 128 cm³/mol. The first-order chi connectivity index (χ1) is 16.2. The molecule has 1 aliphatic rings. The number of carbonyl (C=O) groups is 1. The molecule has 3 aromatic rings. The van der Waals surface area contributed by atoms with E-state index in [-0.39, 0.29) is 5.91 Å². The molecule has 1 unspecified atom stereocenters. The van der Waals surface area contributed by atoms with Gasteiger partial charge in [0, 0.05) is 18.6 Å². The van der Waals surface area contributed by atoms with Crippen LogP contribution in [0.4, 0.5) is 0 Å². The van der Waals surface area contributed by atoms with Crippen LogP contribution >= 0.6 is 0 Å². The van der Waals surface area contributed by atoms with E-state index in [9.17, 15) is 10.0 Å². The minimum Gasteiger partial charge on any atom is -0.711 e. The Bertz CT molecular complexity index is 1160.